The highest BCUT2D eigenvalue weighted by molar-refractivity contribution is 7.99. The molecule has 1 heterocycles. The first-order chi connectivity index (χ1) is 6.74. The van der Waals surface area contributed by atoms with Gasteiger partial charge in [-0.2, -0.15) is 11.8 Å². The molecule has 0 aromatic carbocycles. The topological polar surface area (TPSA) is 52.6 Å². The Labute approximate surface area is 89.0 Å². The van der Waals surface area contributed by atoms with E-state index >= 15 is 0 Å². The fraction of sp³-hybridized carbons (Fsp3) is 0.889. The molecule has 1 rings (SSSR count). The first-order valence-electron chi connectivity index (χ1n) is 4.90. The smallest absolute Gasteiger partial charge is 0.223 e. The van der Waals surface area contributed by atoms with Crippen molar-refractivity contribution in [1.82, 2.24) is 10.2 Å². The molecule has 1 saturated heterocycles. The minimum Gasteiger partial charge on any atom is -0.395 e. The van der Waals surface area contributed by atoms with E-state index in [0.29, 0.717) is 19.0 Å². The fourth-order valence-corrected chi connectivity index (χ4v) is 2.34. The van der Waals surface area contributed by atoms with Crippen LogP contribution in [0.4, 0.5) is 0 Å². The third-order valence-corrected chi connectivity index (χ3v) is 3.41. The van der Waals surface area contributed by atoms with Crippen LogP contribution >= 0.6 is 11.8 Å². The Morgan fingerprint density at radius 2 is 2.50 bits per heavy atom. The summed E-state index contributed by atoms with van der Waals surface area (Å²) in [7, 11) is 1.73. The van der Waals surface area contributed by atoms with Crippen LogP contribution in [0, 0.1) is 0 Å². The van der Waals surface area contributed by atoms with E-state index < -0.39 is 0 Å². The number of hydrogen-bond acceptors (Lipinski definition) is 4. The van der Waals surface area contributed by atoms with Gasteiger partial charge in [-0.3, -0.25) is 4.79 Å². The average Bonchev–Trinajstić information content (AvgIpc) is 2.19. The summed E-state index contributed by atoms with van der Waals surface area (Å²) in [6, 6.07) is 0.308. The molecule has 0 spiro atoms. The highest BCUT2D eigenvalue weighted by atomic mass is 32.2. The monoisotopic (exact) mass is 218 g/mol. The van der Waals surface area contributed by atoms with E-state index in [1.807, 2.05) is 11.8 Å². The predicted molar refractivity (Wildman–Crippen MR) is 58.5 cm³/mol. The lowest BCUT2D eigenvalue weighted by Crippen LogP contribution is -2.42. The van der Waals surface area contributed by atoms with Crippen molar-refractivity contribution in [2.75, 3.05) is 38.2 Å². The first kappa shape index (κ1) is 11.8. The lowest BCUT2D eigenvalue weighted by Gasteiger charge is -2.24. The second-order valence-electron chi connectivity index (χ2n) is 3.47. The van der Waals surface area contributed by atoms with Crippen molar-refractivity contribution in [1.29, 1.82) is 0 Å². The molecule has 5 heteroatoms. The van der Waals surface area contributed by atoms with E-state index in [1.165, 1.54) is 0 Å². The highest BCUT2D eigenvalue weighted by Crippen LogP contribution is 2.10. The number of aliphatic hydroxyl groups is 1. The number of rotatable bonds is 4. The van der Waals surface area contributed by atoms with Crippen molar-refractivity contribution in [3.8, 4) is 0 Å². The number of carbonyl (C=O) groups excluding carboxylic acids is 1. The van der Waals surface area contributed by atoms with Crippen molar-refractivity contribution in [2.45, 2.75) is 12.5 Å². The molecule has 82 valence electrons. The lowest BCUT2D eigenvalue weighted by molar-refractivity contribution is -0.130. The summed E-state index contributed by atoms with van der Waals surface area (Å²) in [6.45, 7) is 1.46. The van der Waals surface area contributed by atoms with Gasteiger partial charge in [-0.15, -0.1) is 0 Å². The van der Waals surface area contributed by atoms with Gasteiger partial charge in [-0.05, 0) is 0 Å². The maximum atomic E-state index is 11.6. The van der Waals surface area contributed by atoms with Crippen LogP contribution in [0.5, 0.6) is 0 Å². The molecule has 1 atom stereocenters. The zero-order valence-electron chi connectivity index (χ0n) is 8.53. The molecule has 0 aromatic heterocycles. The summed E-state index contributed by atoms with van der Waals surface area (Å²) in [5.74, 6) is 2.26. The quantitative estimate of drug-likeness (QED) is 0.670. The van der Waals surface area contributed by atoms with Crippen LogP contribution in [0.25, 0.3) is 0 Å². The molecule has 1 unspecified atom stereocenters. The molecule has 0 saturated carbocycles. The van der Waals surface area contributed by atoms with Gasteiger partial charge in [-0.25, -0.2) is 0 Å². The van der Waals surface area contributed by atoms with E-state index in [-0.39, 0.29) is 12.5 Å². The molecule has 1 amide bonds. The van der Waals surface area contributed by atoms with E-state index in [2.05, 4.69) is 5.32 Å². The third-order valence-electron chi connectivity index (χ3n) is 2.28. The van der Waals surface area contributed by atoms with Crippen LogP contribution in [-0.4, -0.2) is 60.2 Å². The van der Waals surface area contributed by atoms with Crippen LogP contribution in [0.3, 0.4) is 0 Å². The standard InChI is InChI=1S/C9H18N2O2S/c1-11(3-4-12)9(13)6-8-7-14-5-2-10-8/h8,10,12H,2-7H2,1H3. The van der Waals surface area contributed by atoms with Gasteiger partial charge in [0.15, 0.2) is 0 Å². The molecule has 1 aliphatic rings. The number of likely N-dealkylation sites (N-methyl/N-ethyl adjacent to an activating group) is 1. The number of carbonyl (C=O) groups is 1. The van der Waals surface area contributed by atoms with E-state index in [4.69, 9.17) is 5.11 Å². The zero-order valence-corrected chi connectivity index (χ0v) is 9.35. The number of thioether (sulfide) groups is 1. The molecule has 0 aliphatic carbocycles. The van der Waals surface area contributed by atoms with E-state index in [1.54, 1.807) is 11.9 Å². The van der Waals surface area contributed by atoms with Crippen molar-refractivity contribution in [3.63, 3.8) is 0 Å². The molecule has 0 aromatic rings. The SMILES string of the molecule is CN(CCO)C(=O)CC1CSCCN1. The normalized spacial score (nSPS) is 22.0. The Morgan fingerprint density at radius 1 is 1.71 bits per heavy atom. The van der Waals surface area contributed by atoms with Gasteiger partial charge in [0.2, 0.25) is 5.91 Å². The number of aliphatic hydroxyl groups excluding tert-OH is 1. The van der Waals surface area contributed by atoms with Gasteiger partial charge in [-0.1, -0.05) is 0 Å². The number of amides is 1. The maximum absolute atomic E-state index is 11.6. The second kappa shape index (κ2) is 6.27. The van der Waals surface area contributed by atoms with Crippen molar-refractivity contribution in [2.24, 2.45) is 0 Å². The molecule has 0 radical (unpaired) electrons. The van der Waals surface area contributed by atoms with Crippen LogP contribution in [0.1, 0.15) is 6.42 Å². The Bertz CT molecular complexity index is 184. The Balaban J connectivity index is 2.24. The molecular formula is C9H18N2O2S. The molecule has 2 N–H and O–H groups in total. The minimum absolute atomic E-state index is 0.0368. The lowest BCUT2D eigenvalue weighted by atomic mass is 10.2. The van der Waals surface area contributed by atoms with Gasteiger partial charge in [0.05, 0.1) is 6.61 Å². The van der Waals surface area contributed by atoms with Crippen LogP contribution < -0.4 is 5.32 Å². The summed E-state index contributed by atoms with van der Waals surface area (Å²) in [5, 5.41) is 12.0. The predicted octanol–water partition coefficient (Wildman–Crippen LogP) is -0.468. The van der Waals surface area contributed by atoms with Crippen molar-refractivity contribution >= 4 is 17.7 Å². The molecule has 4 nitrogen and oxygen atoms in total. The molecule has 1 aliphatic heterocycles. The summed E-state index contributed by atoms with van der Waals surface area (Å²) in [4.78, 5) is 13.2. The maximum Gasteiger partial charge on any atom is 0.223 e. The Hall–Kier alpha value is -0.260. The molecule has 14 heavy (non-hydrogen) atoms. The number of hydrogen-bond donors (Lipinski definition) is 2. The Morgan fingerprint density at radius 3 is 3.07 bits per heavy atom. The largest absolute Gasteiger partial charge is 0.395 e. The van der Waals surface area contributed by atoms with Gasteiger partial charge < -0.3 is 15.3 Å². The van der Waals surface area contributed by atoms with Gasteiger partial charge in [0.1, 0.15) is 0 Å². The third kappa shape index (κ3) is 3.86. The number of nitrogens with one attached hydrogen (secondary N) is 1. The molecule has 0 bridgehead atoms. The average molecular weight is 218 g/mol. The van der Waals surface area contributed by atoms with Gasteiger partial charge in [0.25, 0.3) is 0 Å². The van der Waals surface area contributed by atoms with Crippen molar-refractivity contribution in [3.05, 3.63) is 0 Å². The minimum atomic E-state index is 0.0368. The van der Waals surface area contributed by atoms with Crippen LogP contribution in [-0.2, 0) is 4.79 Å². The molecule has 1 fully saturated rings. The number of nitrogens with zero attached hydrogens (tertiary/aromatic N) is 1. The van der Waals surface area contributed by atoms with Gasteiger partial charge >= 0.3 is 0 Å². The van der Waals surface area contributed by atoms with E-state index in [0.717, 1.165) is 18.1 Å². The van der Waals surface area contributed by atoms with E-state index in [9.17, 15) is 4.79 Å². The summed E-state index contributed by atoms with van der Waals surface area (Å²) in [6.07, 6.45) is 0.545. The van der Waals surface area contributed by atoms with Gasteiger partial charge in [0, 0.05) is 44.1 Å². The van der Waals surface area contributed by atoms with Crippen LogP contribution in [0.2, 0.25) is 0 Å². The second-order valence-corrected chi connectivity index (χ2v) is 4.62. The first-order valence-corrected chi connectivity index (χ1v) is 6.05. The summed E-state index contributed by atoms with van der Waals surface area (Å²) < 4.78 is 0. The molecular weight excluding hydrogens is 200 g/mol. The zero-order chi connectivity index (χ0) is 10.4. The summed E-state index contributed by atoms with van der Waals surface area (Å²) in [5.41, 5.74) is 0. The van der Waals surface area contributed by atoms with Crippen LogP contribution in [0.15, 0.2) is 0 Å². The fourth-order valence-electron chi connectivity index (χ4n) is 1.39. The highest BCUT2D eigenvalue weighted by Gasteiger charge is 2.18. The Kier molecular flexibility index (Phi) is 5.29. The summed E-state index contributed by atoms with van der Waals surface area (Å²) >= 11 is 1.89. The van der Waals surface area contributed by atoms with Crippen molar-refractivity contribution < 1.29 is 9.90 Å².